The highest BCUT2D eigenvalue weighted by Gasteiger charge is 2.17. The zero-order chi connectivity index (χ0) is 19.9. The van der Waals surface area contributed by atoms with Crippen molar-refractivity contribution in [1.29, 1.82) is 0 Å². The minimum atomic E-state index is -3.28. The number of benzene rings is 2. The Morgan fingerprint density at radius 1 is 1.00 bits per heavy atom. The van der Waals surface area contributed by atoms with Crippen molar-refractivity contribution in [3.05, 3.63) is 60.2 Å². The molecule has 0 fully saturated rings. The van der Waals surface area contributed by atoms with Crippen molar-refractivity contribution in [2.24, 2.45) is 0 Å². The molecule has 27 heavy (non-hydrogen) atoms. The van der Waals surface area contributed by atoms with E-state index >= 15 is 0 Å². The summed E-state index contributed by atoms with van der Waals surface area (Å²) in [6.07, 6.45) is 0. The van der Waals surface area contributed by atoms with Gasteiger partial charge in [-0.2, -0.15) is 0 Å². The Morgan fingerprint density at radius 3 is 2.22 bits per heavy atom. The van der Waals surface area contributed by atoms with E-state index in [1.54, 1.807) is 38.1 Å². The highest BCUT2D eigenvalue weighted by molar-refractivity contribution is 7.90. The van der Waals surface area contributed by atoms with E-state index in [0.29, 0.717) is 18.0 Å². The molecule has 0 bridgehead atoms. The number of hydrogen-bond donors (Lipinski definition) is 2. The highest BCUT2D eigenvalue weighted by atomic mass is 32.2. The molecule has 2 rings (SSSR count). The molecule has 0 aliphatic carbocycles. The maximum atomic E-state index is 12.0. The standard InChI is InChI=1S/C20H26N2O4S/c1-15(2)27(24,25)21-13-16(3)17-9-11-18(12-10-17)22-20(23)14-26-19-7-5-4-6-8-19/h4-12,15-16,21H,13-14H2,1-3H3,(H,22,23). The summed E-state index contributed by atoms with van der Waals surface area (Å²) < 4.78 is 31.7. The first-order valence-corrected chi connectivity index (χ1v) is 10.4. The molecule has 1 amide bonds. The molecule has 6 nitrogen and oxygen atoms in total. The van der Waals surface area contributed by atoms with Crippen LogP contribution < -0.4 is 14.8 Å². The molecule has 0 aliphatic rings. The Morgan fingerprint density at radius 2 is 1.63 bits per heavy atom. The Balaban J connectivity index is 1.84. The van der Waals surface area contributed by atoms with Crippen molar-refractivity contribution in [2.45, 2.75) is 31.9 Å². The number of amides is 1. The molecule has 0 aromatic heterocycles. The third-order valence-corrected chi connectivity index (χ3v) is 5.90. The van der Waals surface area contributed by atoms with Crippen LogP contribution in [-0.4, -0.2) is 32.7 Å². The van der Waals surface area contributed by atoms with Crippen LogP contribution in [-0.2, 0) is 14.8 Å². The molecule has 7 heteroatoms. The number of carbonyl (C=O) groups is 1. The van der Waals surface area contributed by atoms with Gasteiger partial charge in [0.25, 0.3) is 5.91 Å². The normalized spacial score (nSPS) is 12.6. The van der Waals surface area contributed by atoms with Gasteiger partial charge in [-0.1, -0.05) is 37.3 Å². The van der Waals surface area contributed by atoms with E-state index in [4.69, 9.17) is 4.74 Å². The maximum Gasteiger partial charge on any atom is 0.262 e. The molecule has 0 saturated carbocycles. The van der Waals surface area contributed by atoms with Gasteiger partial charge in [-0.05, 0) is 49.6 Å². The summed E-state index contributed by atoms with van der Waals surface area (Å²) in [6, 6.07) is 16.5. The van der Waals surface area contributed by atoms with Gasteiger partial charge in [-0.15, -0.1) is 0 Å². The molecule has 0 heterocycles. The van der Waals surface area contributed by atoms with Crippen LogP contribution in [0.5, 0.6) is 5.75 Å². The van der Waals surface area contributed by atoms with Gasteiger partial charge in [0.2, 0.25) is 10.0 Å². The van der Waals surface area contributed by atoms with Crippen molar-refractivity contribution in [2.75, 3.05) is 18.5 Å². The first-order valence-electron chi connectivity index (χ1n) is 8.84. The van der Waals surface area contributed by atoms with Crippen LogP contribution in [0.1, 0.15) is 32.3 Å². The van der Waals surface area contributed by atoms with Crippen LogP contribution in [0.15, 0.2) is 54.6 Å². The van der Waals surface area contributed by atoms with Gasteiger partial charge in [-0.3, -0.25) is 4.79 Å². The third-order valence-electron chi connectivity index (χ3n) is 4.09. The molecule has 0 aliphatic heterocycles. The summed E-state index contributed by atoms with van der Waals surface area (Å²) in [5.41, 5.74) is 1.65. The summed E-state index contributed by atoms with van der Waals surface area (Å²) in [6.45, 7) is 5.50. The summed E-state index contributed by atoms with van der Waals surface area (Å²) in [5, 5.41) is 2.32. The molecule has 1 unspecified atom stereocenters. The Labute approximate surface area is 161 Å². The SMILES string of the molecule is CC(CNS(=O)(=O)C(C)C)c1ccc(NC(=O)COc2ccccc2)cc1. The average molecular weight is 391 g/mol. The van der Waals surface area contributed by atoms with Crippen LogP contribution in [0.2, 0.25) is 0 Å². The average Bonchev–Trinajstić information content (AvgIpc) is 2.66. The topological polar surface area (TPSA) is 84.5 Å². The molecule has 146 valence electrons. The van der Waals surface area contributed by atoms with Gasteiger partial charge in [0.15, 0.2) is 6.61 Å². The third kappa shape index (κ3) is 6.69. The monoisotopic (exact) mass is 390 g/mol. The maximum absolute atomic E-state index is 12.0. The number of anilines is 1. The van der Waals surface area contributed by atoms with Gasteiger partial charge < -0.3 is 10.1 Å². The molecule has 2 aromatic rings. The number of hydrogen-bond acceptors (Lipinski definition) is 4. The van der Waals surface area contributed by atoms with E-state index in [0.717, 1.165) is 5.56 Å². The predicted molar refractivity (Wildman–Crippen MR) is 107 cm³/mol. The first kappa shape index (κ1) is 20.9. The van der Waals surface area contributed by atoms with Crippen LogP contribution in [0.25, 0.3) is 0 Å². The molecule has 2 N–H and O–H groups in total. The first-order chi connectivity index (χ1) is 12.8. The second-order valence-electron chi connectivity index (χ2n) is 6.62. The molecule has 0 spiro atoms. The fourth-order valence-electron chi connectivity index (χ4n) is 2.28. The smallest absolute Gasteiger partial charge is 0.262 e. The molecule has 2 aromatic carbocycles. The Bertz CT molecular complexity index is 834. The summed E-state index contributed by atoms with van der Waals surface area (Å²) >= 11 is 0. The van der Waals surface area contributed by atoms with E-state index in [2.05, 4.69) is 10.0 Å². The van der Waals surface area contributed by atoms with Crippen molar-refractivity contribution in [3.63, 3.8) is 0 Å². The van der Waals surface area contributed by atoms with E-state index in [-0.39, 0.29) is 18.4 Å². The second-order valence-corrected chi connectivity index (χ2v) is 8.94. The lowest BCUT2D eigenvalue weighted by molar-refractivity contribution is -0.118. The van der Waals surface area contributed by atoms with E-state index in [1.807, 2.05) is 37.3 Å². The highest BCUT2D eigenvalue weighted by Crippen LogP contribution is 2.18. The van der Waals surface area contributed by atoms with Crippen molar-refractivity contribution < 1.29 is 17.9 Å². The van der Waals surface area contributed by atoms with E-state index < -0.39 is 15.3 Å². The van der Waals surface area contributed by atoms with Gasteiger partial charge in [-0.25, -0.2) is 13.1 Å². The van der Waals surface area contributed by atoms with Crippen molar-refractivity contribution >= 4 is 21.6 Å². The number of carbonyl (C=O) groups excluding carboxylic acids is 1. The lowest BCUT2D eigenvalue weighted by Gasteiger charge is -2.15. The van der Waals surface area contributed by atoms with Gasteiger partial charge in [0, 0.05) is 12.2 Å². The van der Waals surface area contributed by atoms with Crippen LogP contribution in [0, 0.1) is 0 Å². The number of nitrogens with one attached hydrogen (secondary N) is 2. The number of sulfonamides is 1. The van der Waals surface area contributed by atoms with Crippen LogP contribution in [0.4, 0.5) is 5.69 Å². The Hall–Kier alpha value is -2.38. The van der Waals surface area contributed by atoms with E-state index in [9.17, 15) is 13.2 Å². The van der Waals surface area contributed by atoms with E-state index in [1.165, 1.54) is 0 Å². The summed E-state index contributed by atoms with van der Waals surface area (Å²) in [5.74, 6) is 0.412. The number of rotatable bonds is 9. The quantitative estimate of drug-likeness (QED) is 0.689. The number of para-hydroxylation sites is 1. The van der Waals surface area contributed by atoms with Crippen LogP contribution >= 0.6 is 0 Å². The lowest BCUT2D eigenvalue weighted by atomic mass is 10.0. The molecular weight excluding hydrogens is 364 g/mol. The second kappa shape index (κ2) is 9.53. The fraction of sp³-hybridized carbons (Fsp3) is 0.350. The van der Waals surface area contributed by atoms with Gasteiger partial charge >= 0.3 is 0 Å². The largest absolute Gasteiger partial charge is 0.484 e. The molecule has 0 radical (unpaired) electrons. The van der Waals surface area contributed by atoms with Crippen molar-refractivity contribution in [1.82, 2.24) is 4.72 Å². The van der Waals surface area contributed by atoms with Gasteiger partial charge in [0.05, 0.1) is 5.25 Å². The zero-order valence-electron chi connectivity index (χ0n) is 15.8. The molecule has 1 atom stereocenters. The minimum absolute atomic E-state index is 0.0182. The molecular formula is C20H26N2O4S. The number of ether oxygens (including phenoxy) is 1. The fourth-order valence-corrected chi connectivity index (χ4v) is 3.10. The summed E-state index contributed by atoms with van der Waals surface area (Å²) in [7, 11) is -3.28. The lowest BCUT2D eigenvalue weighted by Crippen LogP contribution is -2.33. The van der Waals surface area contributed by atoms with Gasteiger partial charge in [0.1, 0.15) is 5.75 Å². The zero-order valence-corrected chi connectivity index (χ0v) is 16.6. The molecule has 0 saturated heterocycles. The van der Waals surface area contributed by atoms with Crippen molar-refractivity contribution in [3.8, 4) is 5.75 Å². The summed E-state index contributed by atoms with van der Waals surface area (Å²) in [4.78, 5) is 12.0. The Kier molecular flexibility index (Phi) is 7.38. The van der Waals surface area contributed by atoms with Crippen LogP contribution in [0.3, 0.4) is 0 Å². The predicted octanol–water partition coefficient (Wildman–Crippen LogP) is 3.14. The minimum Gasteiger partial charge on any atom is -0.484 e.